The van der Waals surface area contributed by atoms with Crippen molar-refractivity contribution in [3.05, 3.63) is 0 Å². The fourth-order valence-electron chi connectivity index (χ4n) is 3.51. The largest absolute Gasteiger partial charge is 0.354 e. The van der Waals surface area contributed by atoms with E-state index in [1.54, 1.807) is 0 Å². The van der Waals surface area contributed by atoms with Crippen molar-refractivity contribution < 1.29 is 4.79 Å². The number of nitrogens with two attached hydrogens (primary N) is 1. The first-order chi connectivity index (χ1) is 9.29. The number of nitrogens with zero attached hydrogens (tertiary/aromatic N) is 1. The van der Waals surface area contributed by atoms with Crippen molar-refractivity contribution in [2.45, 2.75) is 57.4 Å². The molecule has 0 aromatic rings. The van der Waals surface area contributed by atoms with Crippen molar-refractivity contribution in [1.29, 1.82) is 0 Å². The second-order valence-corrected chi connectivity index (χ2v) is 6.14. The Balaban J connectivity index is 1.76. The fraction of sp³-hybridized carbons (Fsp3) is 0.933. The molecule has 1 amide bonds. The fourth-order valence-corrected chi connectivity index (χ4v) is 3.51. The van der Waals surface area contributed by atoms with E-state index >= 15 is 0 Å². The molecule has 19 heavy (non-hydrogen) atoms. The second-order valence-electron chi connectivity index (χ2n) is 6.14. The molecule has 3 N–H and O–H groups in total. The summed E-state index contributed by atoms with van der Waals surface area (Å²) in [6.07, 6.45) is 9.95. The third-order valence-corrected chi connectivity index (χ3v) is 4.62. The van der Waals surface area contributed by atoms with Gasteiger partial charge < -0.3 is 11.1 Å². The lowest BCUT2D eigenvalue weighted by Crippen LogP contribution is -2.48. The van der Waals surface area contributed by atoms with Gasteiger partial charge in [0, 0.05) is 32.1 Å². The summed E-state index contributed by atoms with van der Waals surface area (Å²) in [7, 11) is 0. The summed E-state index contributed by atoms with van der Waals surface area (Å²) in [5.41, 5.74) is 5.40. The Labute approximate surface area is 117 Å². The first kappa shape index (κ1) is 14.8. The molecule has 0 aromatic carbocycles. The van der Waals surface area contributed by atoms with Gasteiger partial charge in [-0.05, 0) is 38.1 Å². The standard InChI is InChI=1S/C15H29N3O/c16-9-8-15(19)17-11-14-7-3-4-10-18(14)12-13-5-1-2-6-13/h13-14H,1-12,16H2,(H,17,19). The molecule has 2 rings (SSSR count). The Bertz CT molecular complexity index is 277. The molecular weight excluding hydrogens is 238 g/mol. The molecule has 1 aliphatic carbocycles. The minimum atomic E-state index is 0.105. The van der Waals surface area contributed by atoms with Crippen LogP contribution in [-0.4, -0.2) is 43.0 Å². The van der Waals surface area contributed by atoms with E-state index < -0.39 is 0 Å². The van der Waals surface area contributed by atoms with E-state index in [1.165, 1.54) is 58.0 Å². The summed E-state index contributed by atoms with van der Waals surface area (Å²) < 4.78 is 0. The van der Waals surface area contributed by atoms with Crippen LogP contribution in [0.4, 0.5) is 0 Å². The van der Waals surface area contributed by atoms with E-state index in [-0.39, 0.29) is 5.91 Å². The molecule has 0 spiro atoms. The first-order valence-corrected chi connectivity index (χ1v) is 8.00. The highest BCUT2D eigenvalue weighted by Gasteiger charge is 2.26. The minimum absolute atomic E-state index is 0.105. The van der Waals surface area contributed by atoms with Crippen LogP contribution in [0.2, 0.25) is 0 Å². The van der Waals surface area contributed by atoms with Crippen molar-refractivity contribution in [3.63, 3.8) is 0 Å². The highest BCUT2D eigenvalue weighted by molar-refractivity contribution is 5.76. The molecule has 0 bridgehead atoms. The quantitative estimate of drug-likeness (QED) is 0.766. The maximum atomic E-state index is 11.5. The van der Waals surface area contributed by atoms with Crippen LogP contribution in [0.5, 0.6) is 0 Å². The monoisotopic (exact) mass is 267 g/mol. The summed E-state index contributed by atoms with van der Waals surface area (Å²) in [6.45, 7) is 3.72. The van der Waals surface area contributed by atoms with Crippen molar-refractivity contribution >= 4 is 5.91 Å². The van der Waals surface area contributed by atoms with Crippen LogP contribution in [-0.2, 0) is 4.79 Å². The number of carbonyl (C=O) groups is 1. The molecule has 2 fully saturated rings. The van der Waals surface area contributed by atoms with Crippen LogP contribution < -0.4 is 11.1 Å². The molecule has 1 heterocycles. The highest BCUT2D eigenvalue weighted by atomic mass is 16.1. The van der Waals surface area contributed by atoms with Gasteiger partial charge in [-0.2, -0.15) is 0 Å². The van der Waals surface area contributed by atoms with Gasteiger partial charge >= 0.3 is 0 Å². The predicted molar refractivity (Wildman–Crippen MR) is 77.9 cm³/mol. The Hall–Kier alpha value is -0.610. The maximum Gasteiger partial charge on any atom is 0.221 e. The molecule has 4 heteroatoms. The highest BCUT2D eigenvalue weighted by Crippen LogP contribution is 2.28. The van der Waals surface area contributed by atoms with Crippen LogP contribution >= 0.6 is 0 Å². The number of carbonyl (C=O) groups excluding carboxylic acids is 1. The maximum absolute atomic E-state index is 11.5. The van der Waals surface area contributed by atoms with Crippen LogP contribution in [0.25, 0.3) is 0 Å². The lowest BCUT2D eigenvalue weighted by atomic mass is 9.99. The van der Waals surface area contributed by atoms with Crippen LogP contribution in [0.1, 0.15) is 51.4 Å². The van der Waals surface area contributed by atoms with E-state index in [4.69, 9.17) is 5.73 Å². The SMILES string of the molecule is NCCC(=O)NCC1CCCCN1CC1CCCC1. The average molecular weight is 267 g/mol. The Morgan fingerprint density at radius 2 is 1.89 bits per heavy atom. The number of likely N-dealkylation sites (tertiary alicyclic amines) is 1. The summed E-state index contributed by atoms with van der Waals surface area (Å²) in [6, 6.07) is 0.552. The van der Waals surface area contributed by atoms with Gasteiger partial charge in [0.1, 0.15) is 0 Å². The molecule has 1 unspecified atom stereocenters. The van der Waals surface area contributed by atoms with Crippen molar-refractivity contribution in [2.24, 2.45) is 11.7 Å². The van der Waals surface area contributed by atoms with Gasteiger partial charge in [-0.3, -0.25) is 9.69 Å². The van der Waals surface area contributed by atoms with Crippen LogP contribution in [0.3, 0.4) is 0 Å². The molecule has 0 radical (unpaired) electrons. The Morgan fingerprint density at radius 1 is 1.16 bits per heavy atom. The third-order valence-electron chi connectivity index (χ3n) is 4.62. The van der Waals surface area contributed by atoms with E-state index in [9.17, 15) is 4.79 Å². The number of hydrogen-bond donors (Lipinski definition) is 2. The molecule has 1 aliphatic heterocycles. The van der Waals surface area contributed by atoms with Crippen LogP contribution in [0.15, 0.2) is 0 Å². The normalized spacial score (nSPS) is 25.6. The molecule has 1 atom stereocenters. The molecule has 2 aliphatic rings. The molecule has 0 aromatic heterocycles. The summed E-state index contributed by atoms with van der Waals surface area (Å²) in [4.78, 5) is 14.2. The zero-order valence-corrected chi connectivity index (χ0v) is 12.1. The molecule has 1 saturated carbocycles. The van der Waals surface area contributed by atoms with E-state index in [0.717, 1.165) is 12.5 Å². The predicted octanol–water partition coefficient (Wildman–Crippen LogP) is 1.50. The number of hydrogen-bond acceptors (Lipinski definition) is 3. The van der Waals surface area contributed by atoms with Gasteiger partial charge in [-0.15, -0.1) is 0 Å². The first-order valence-electron chi connectivity index (χ1n) is 8.00. The van der Waals surface area contributed by atoms with Gasteiger partial charge in [-0.25, -0.2) is 0 Å². The molecule has 1 saturated heterocycles. The second kappa shape index (κ2) is 7.85. The van der Waals surface area contributed by atoms with Crippen LogP contribution in [0, 0.1) is 5.92 Å². The zero-order valence-electron chi connectivity index (χ0n) is 12.1. The van der Waals surface area contributed by atoms with Crippen molar-refractivity contribution in [3.8, 4) is 0 Å². The topological polar surface area (TPSA) is 58.4 Å². The molecular formula is C15H29N3O. The average Bonchev–Trinajstić information content (AvgIpc) is 2.91. The van der Waals surface area contributed by atoms with E-state index in [0.29, 0.717) is 19.0 Å². The lowest BCUT2D eigenvalue weighted by Gasteiger charge is -2.37. The number of piperidine rings is 1. The van der Waals surface area contributed by atoms with Gasteiger partial charge in [0.2, 0.25) is 5.91 Å². The summed E-state index contributed by atoms with van der Waals surface area (Å²) >= 11 is 0. The smallest absolute Gasteiger partial charge is 0.221 e. The lowest BCUT2D eigenvalue weighted by molar-refractivity contribution is -0.121. The molecule has 110 valence electrons. The summed E-state index contributed by atoms with van der Waals surface area (Å²) in [5, 5.41) is 3.05. The third kappa shape index (κ3) is 4.77. The van der Waals surface area contributed by atoms with E-state index in [2.05, 4.69) is 10.2 Å². The number of amides is 1. The van der Waals surface area contributed by atoms with Crippen molar-refractivity contribution in [2.75, 3.05) is 26.2 Å². The Morgan fingerprint density at radius 3 is 2.63 bits per heavy atom. The van der Waals surface area contributed by atoms with E-state index in [1.807, 2.05) is 0 Å². The van der Waals surface area contributed by atoms with Crippen molar-refractivity contribution in [1.82, 2.24) is 10.2 Å². The molecule has 4 nitrogen and oxygen atoms in total. The number of rotatable bonds is 6. The van der Waals surface area contributed by atoms with Gasteiger partial charge in [0.25, 0.3) is 0 Å². The summed E-state index contributed by atoms with van der Waals surface area (Å²) in [5.74, 6) is 1.01. The van der Waals surface area contributed by atoms with Gasteiger partial charge in [0.15, 0.2) is 0 Å². The Kier molecular flexibility index (Phi) is 6.11. The van der Waals surface area contributed by atoms with Gasteiger partial charge in [-0.1, -0.05) is 19.3 Å². The number of nitrogens with one attached hydrogen (secondary N) is 1. The zero-order chi connectivity index (χ0) is 13.5. The minimum Gasteiger partial charge on any atom is -0.354 e. The van der Waals surface area contributed by atoms with Gasteiger partial charge in [0.05, 0.1) is 0 Å².